The van der Waals surface area contributed by atoms with Crippen LogP contribution in [0.25, 0.3) is 131 Å². The monoisotopic (exact) mass is 698 g/mol. The van der Waals surface area contributed by atoms with Gasteiger partial charge in [0, 0.05) is 43.3 Å². The third-order valence-electron chi connectivity index (χ3n) is 12.2. The summed E-state index contributed by atoms with van der Waals surface area (Å²) < 4.78 is 11.5. The van der Waals surface area contributed by atoms with Crippen molar-refractivity contribution in [1.29, 1.82) is 0 Å². The van der Waals surface area contributed by atoms with E-state index in [0.717, 1.165) is 82.8 Å². The number of nitrogens with zero attached hydrogens (tertiary/aromatic N) is 4. The van der Waals surface area contributed by atoms with Crippen LogP contribution in [0.15, 0.2) is 162 Å². The van der Waals surface area contributed by atoms with Crippen LogP contribution in [-0.2, 0) is 0 Å². The molecule has 14 rings (SSSR count). The number of furan rings is 1. The van der Waals surface area contributed by atoms with E-state index in [0.29, 0.717) is 0 Å². The summed E-state index contributed by atoms with van der Waals surface area (Å²) in [6.07, 6.45) is 0. The first-order chi connectivity index (χ1) is 27.3. The van der Waals surface area contributed by atoms with Gasteiger partial charge in [0.1, 0.15) is 16.9 Å². The largest absolute Gasteiger partial charge is 0.456 e. The highest BCUT2D eigenvalue weighted by Gasteiger charge is 2.28. The Morgan fingerprint density at radius 1 is 0.400 bits per heavy atom. The van der Waals surface area contributed by atoms with Crippen molar-refractivity contribution in [3.8, 4) is 17.1 Å². The van der Waals surface area contributed by atoms with Crippen LogP contribution in [0.5, 0.6) is 0 Å². The van der Waals surface area contributed by atoms with Gasteiger partial charge in [-0.05, 0) is 70.1 Å². The second-order valence-electron chi connectivity index (χ2n) is 14.9. The predicted molar refractivity (Wildman–Crippen MR) is 227 cm³/mol. The summed E-state index contributed by atoms with van der Waals surface area (Å²) in [5.74, 6) is 0.802. The third kappa shape index (κ3) is 3.36. The molecule has 14 aromatic rings. The Morgan fingerprint density at radius 3 is 1.87 bits per heavy atom. The Bertz CT molecular complexity index is 3960. The van der Waals surface area contributed by atoms with Crippen molar-refractivity contribution in [2.45, 2.75) is 0 Å². The average molecular weight is 699 g/mol. The molecule has 0 saturated heterocycles. The first kappa shape index (κ1) is 28.1. The summed E-state index contributed by atoms with van der Waals surface area (Å²) in [6.45, 7) is 0. The minimum atomic E-state index is 0.802. The first-order valence-corrected chi connectivity index (χ1v) is 18.8. The zero-order valence-corrected chi connectivity index (χ0v) is 29.2. The maximum Gasteiger partial charge on any atom is 0.165 e. The molecule has 0 amide bonds. The Balaban J connectivity index is 1.23. The molecule has 0 fully saturated rings. The fourth-order valence-electron chi connectivity index (χ4n) is 9.93. The number of aromatic nitrogens is 4. The molecular formula is C50H26N4O. The molecule has 0 unspecified atom stereocenters. The smallest absolute Gasteiger partial charge is 0.165 e. The molecular weight excluding hydrogens is 673 g/mol. The summed E-state index contributed by atoms with van der Waals surface area (Å²) in [7, 11) is 0. The van der Waals surface area contributed by atoms with E-state index in [-0.39, 0.29) is 0 Å². The molecule has 0 bridgehead atoms. The second-order valence-corrected chi connectivity index (χ2v) is 14.9. The molecule has 0 radical (unpaired) electrons. The Morgan fingerprint density at radius 2 is 1.04 bits per heavy atom. The van der Waals surface area contributed by atoms with Crippen LogP contribution in [0.1, 0.15) is 0 Å². The molecule has 0 spiro atoms. The summed E-state index contributed by atoms with van der Waals surface area (Å²) in [5, 5.41) is 14.0. The van der Waals surface area contributed by atoms with E-state index in [9.17, 15) is 0 Å². The molecule has 0 atom stereocenters. The lowest BCUT2D eigenvalue weighted by atomic mass is 9.99. The lowest BCUT2D eigenvalue weighted by Gasteiger charge is -2.16. The van der Waals surface area contributed by atoms with Crippen LogP contribution in [0, 0.1) is 0 Å². The number of para-hydroxylation sites is 1. The fourth-order valence-corrected chi connectivity index (χ4v) is 9.93. The number of hydrogen-bond acceptors (Lipinski definition) is 3. The summed E-state index contributed by atoms with van der Waals surface area (Å²) in [6, 6.07) is 56.6. The second kappa shape index (κ2) is 9.72. The average Bonchev–Trinajstić information content (AvgIpc) is 3.87. The number of rotatable bonds is 2. The van der Waals surface area contributed by atoms with Gasteiger partial charge >= 0.3 is 0 Å². The van der Waals surface area contributed by atoms with Gasteiger partial charge < -0.3 is 8.82 Å². The molecule has 5 nitrogen and oxygen atoms in total. The van der Waals surface area contributed by atoms with Crippen LogP contribution < -0.4 is 0 Å². The quantitative estimate of drug-likeness (QED) is 0.169. The summed E-state index contributed by atoms with van der Waals surface area (Å²) >= 11 is 0. The van der Waals surface area contributed by atoms with Gasteiger partial charge in [-0.2, -0.15) is 0 Å². The molecule has 0 N–H and O–H groups in total. The normalized spacial score (nSPS) is 12.7. The Kier molecular flexibility index (Phi) is 4.96. The maximum absolute atomic E-state index is 6.68. The van der Waals surface area contributed by atoms with Gasteiger partial charge in [0.15, 0.2) is 5.82 Å². The zero-order valence-electron chi connectivity index (χ0n) is 29.2. The zero-order chi connectivity index (χ0) is 35.5. The first-order valence-electron chi connectivity index (χ1n) is 18.8. The van der Waals surface area contributed by atoms with Crippen LogP contribution in [-0.4, -0.2) is 18.9 Å². The van der Waals surface area contributed by atoms with Crippen molar-refractivity contribution < 1.29 is 4.42 Å². The van der Waals surface area contributed by atoms with Crippen molar-refractivity contribution in [3.05, 3.63) is 158 Å². The highest BCUT2D eigenvalue weighted by Crippen LogP contribution is 2.49. The van der Waals surface area contributed by atoms with E-state index in [4.69, 9.17) is 14.4 Å². The lowest BCUT2D eigenvalue weighted by Crippen LogP contribution is -2.04. The van der Waals surface area contributed by atoms with Crippen LogP contribution in [0.4, 0.5) is 0 Å². The SMILES string of the molecule is c1ccc2cc(-c3nc4c5ccccc5c5ccccc5c4nc3-n3c4ccc5oc6ccc7c8ccccc8n8c9cccc3c9c4c5c6c78)ccc2c1. The van der Waals surface area contributed by atoms with E-state index in [1.54, 1.807) is 0 Å². The number of fused-ring (bicyclic) bond motifs is 11. The van der Waals surface area contributed by atoms with Crippen LogP contribution in [0.3, 0.4) is 0 Å². The van der Waals surface area contributed by atoms with Gasteiger partial charge in [-0.1, -0.05) is 109 Å². The van der Waals surface area contributed by atoms with E-state index >= 15 is 0 Å². The molecule has 252 valence electrons. The topological polar surface area (TPSA) is 48.3 Å². The van der Waals surface area contributed by atoms with Crippen molar-refractivity contribution >= 4 is 114 Å². The summed E-state index contributed by atoms with van der Waals surface area (Å²) in [5.41, 5.74) is 11.1. The number of benzene rings is 9. The highest BCUT2D eigenvalue weighted by atomic mass is 16.3. The molecule has 5 heteroatoms. The predicted octanol–water partition coefficient (Wildman–Crippen LogP) is 13.2. The van der Waals surface area contributed by atoms with E-state index in [2.05, 4.69) is 167 Å². The molecule has 0 aliphatic rings. The van der Waals surface area contributed by atoms with Gasteiger partial charge in [-0.3, -0.25) is 4.57 Å². The van der Waals surface area contributed by atoms with Crippen LogP contribution in [0.2, 0.25) is 0 Å². The van der Waals surface area contributed by atoms with Crippen molar-refractivity contribution in [1.82, 2.24) is 18.9 Å². The van der Waals surface area contributed by atoms with Gasteiger partial charge in [0.25, 0.3) is 0 Å². The molecule has 55 heavy (non-hydrogen) atoms. The molecule has 0 aliphatic heterocycles. The molecule has 9 aromatic carbocycles. The van der Waals surface area contributed by atoms with Gasteiger partial charge in [0.2, 0.25) is 0 Å². The molecule has 0 saturated carbocycles. The van der Waals surface area contributed by atoms with Crippen molar-refractivity contribution in [2.24, 2.45) is 0 Å². The molecule has 5 aromatic heterocycles. The third-order valence-corrected chi connectivity index (χ3v) is 12.2. The lowest BCUT2D eigenvalue weighted by molar-refractivity contribution is 0.669. The standard InChI is InChI=1S/C50H26N4O/c1-2-11-28-26-29(21-20-27(28)10-1)46-50(52-48-34-16-6-4-13-31(34)30-12-3-5-15-33(30)47(48)51-46)54-38-19-9-18-37-42(38)43-39(54)23-25-40-44(43)45-41(55-40)24-22-35-32-14-7-8-17-36(32)53(37)49(35)45/h1-26H. The number of hydrogen-bond donors (Lipinski definition) is 0. The van der Waals surface area contributed by atoms with Gasteiger partial charge in [0.05, 0.1) is 44.0 Å². The van der Waals surface area contributed by atoms with E-state index in [1.165, 1.54) is 48.7 Å². The highest BCUT2D eigenvalue weighted by molar-refractivity contribution is 6.37. The fraction of sp³-hybridized carbons (Fsp3) is 0. The van der Waals surface area contributed by atoms with Crippen LogP contribution >= 0.6 is 0 Å². The Hall–Kier alpha value is -7.50. The molecule has 5 heterocycles. The van der Waals surface area contributed by atoms with E-state index in [1.807, 2.05) is 0 Å². The summed E-state index contributed by atoms with van der Waals surface area (Å²) in [4.78, 5) is 11.5. The van der Waals surface area contributed by atoms with E-state index < -0.39 is 0 Å². The van der Waals surface area contributed by atoms with Gasteiger partial charge in [-0.15, -0.1) is 0 Å². The van der Waals surface area contributed by atoms with Gasteiger partial charge in [-0.25, -0.2) is 9.97 Å². The van der Waals surface area contributed by atoms with Crippen molar-refractivity contribution in [2.75, 3.05) is 0 Å². The maximum atomic E-state index is 6.68. The minimum Gasteiger partial charge on any atom is -0.456 e. The molecule has 0 aliphatic carbocycles. The Labute approximate surface area is 311 Å². The minimum absolute atomic E-state index is 0.802. The van der Waals surface area contributed by atoms with Crippen molar-refractivity contribution in [3.63, 3.8) is 0 Å².